The van der Waals surface area contributed by atoms with Gasteiger partial charge in [0.15, 0.2) is 0 Å². The Hall–Kier alpha value is -1.80. The van der Waals surface area contributed by atoms with Crippen LogP contribution in [0, 0.1) is 5.82 Å². The number of carbonyl (C=O) groups excluding carboxylic acids is 1. The lowest BCUT2D eigenvalue weighted by Gasteiger charge is -2.14. The van der Waals surface area contributed by atoms with E-state index in [-0.39, 0.29) is 6.07 Å². The van der Waals surface area contributed by atoms with Gasteiger partial charge in [-0.15, -0.1) is 0 Å². The Morgan fingerprint density at radius 1 is 1.06 bits per heavy atom. The van der Waals surface area contributed by atoms with E-state index in [0.29, 0.717) is 17.4 Å². The molecule has 100 valence electrons. The molecule has 0 unspecified atom stereocenters. The maximum Gasteiger partial charge on any atom is 0.484 e. The minimum absolute atomic E-state index is 0.0503. The Bertz CT molecular complexity index is 463. The number of hydrogen-bond acceptors (Lipinski definition) is 1. The summed E-state index contributed by atoms with van der Waals surface area (Å²) in [5, 5.41) is 0.406. The molecule has 0 bridgehead atoms. The van der Waals surface area contributed by atoms with Gasteiger partial charge in [-0.05, 0) is 18.2 Å². The van der Waals surface area contributed by atoms with Crippen LogP contribution in [0.2, 0.25) is 0 Å². The molecule has 0 atom stereocenters. The molecule has 1 aromatic carbocycles. The third-order valence-corrected chi connectivity index (χ3v) is 1.79. The van der Waals surface area contributed by atoms with Crippen LogP contribution in [0.3, 0.4) is 0 Å². The van der Waals surface area contributed by atoms with Crippen LogP contribution in [0.1, 0.15) is 15.9 Å². The second-order valence-corrected chi connectivity index (χ2v) is 3.14. The Balaban J connectivity index is 3.21. The number of carbonyl (C=O) groups is 1. The zero-order chi connectivity index (χ0) is 14.1. The van der Waals surface area contributed by atoms with Crippen LogP contribution >= 0.6 is 0 Å². The molecule has 0 fully saturated rings. The average Bonchev–Trinajstić information content (AvgIpc) is 2.13. The van der Waals surface area contributed by atoms with E-state index in [9.17, 15) is 35.5 Å². The highest BCUT2D eigenvalue weighted by Crippen LogP contribution is 2.32. The van der Waals surface area contributed by atoms with Gasteiger partial charge in [-0.1, -0.05) is 0 Å². The van der Waals surface area contributed by atoms with E-state index in [4.69, 9.17) is 0 Å². The van der Waals surface area contributed by atoms with Crippen LogP contribution in [-0.2, 0) is 6.18 Å². The standard InChI is InChI=1S/C9H4F7NO/c10-4-1-2-5(6(3-4)8(11,12)13)7(18)17-9(14,15)16/h1-3H,(H,17,18). The molecule has 9 heteroatoms. The highest BCUT2D eigenvalue weighted by atomic mass is 19.4. The van der Waals surface area contributed by atoms with Crippen molar-refractivity contribution in [2.24, 2.45) is 0 Å². The SMILES string of the molecule is O=C(NC(F)(F)F)c1ccc(F)cc1C(F)(F)F. The molecule has 1 aromatic rings. The summed E-state index contributed by atoms with van der Waals surface area (Å²) in [6.07, 6.45) is -10.3. The van der Waals surface area contributed by atoms with Gasteiger partial charge in [0, 0.05) is 0 Å². The van der Waals surface area contributed by atoms with Crippen molar-refractivity contribution in [2.45, 2.75) is 12.5 Å². The quantitative estimate of drug-likeness (QED) is 0.619. The van der Waals surface area contributed by atoms with Gasteiger partial charge in [-0.25, -0.2) is 4.39 Å². The van der Waals surface area contributed by atoms with Gasteiger partial charge in [-0.2, -0.15) is 26.3 Å². The zero-order valence-electron chi connectivity index (χ0n) is 8.29. The number of rotatable bonds is 1. The Kier molecular flexibility index (Phi) is 3.54. The smallest absolute Gasteiger partial charge is 0.269 e. The first-order chi connectivity index (χ1) is 8.00. The summed E-state index contributed by atoms with van der Waals surface area (Å²) in [6, 6.07) is 0.741. The largest absolute Gasteiger partial charge is 0.484 e. The van der Waals surface area contributed by atoms with Crippen molar-refractivity contribution in [3.8, 4) is 0 Å². The summed E-state index contributed by atoms with van der Waals surface area (Å²) in [5.74, 6) is -3.32. The van der Waals surface area contributed by atoms with E-state index in [2.05, 4.69) is 0 Å². The fourth-order valence-corrected chi connectivity index (χ4v) is 1.15. The van der Waals surface area contributed by atoms with Gasteiger partial charge in [0.25, 0.3) is 5.91 Å². The third kappa shape index (κ3) is 3.60. The Morgan fingerprint density at radius 2 is 1.61 bits per heavy atom. The summed E-state index contributed by atoms with van der Waals surface area (Å²) >= 11 is 0. The minimum atomic E-state index is -5.17. The fourth-order valence-electron chi connectivity index (χ4n) is 1.15. The summed E-state index contributed by atoms with van der Waals surface area (Å²) in [7, 11) is 0. The molecule has 1 amide bonds. The molecule has 18 heavy (non-hydrogen) atoms. The van der Waals surface area contributed by atoms with Gasteiger partial charge in [0.2, 0.25) is 0 Å². The molecule has 0 aromatic heterocycles. The number of nitrogens with one attached hydrogen (secondary N) is 1. The van der Waals surface area contributed by atoms with E-state index >= 15 is 0 Å². The van der Waals surface area contributed by atoms with Crippen LogP contribution < -0.4 is 5.32 Å². The van der Waals surface area contributed by atoms with Crippen molar-refractivity contribution in [1.29, 1.82) is 0 Å². The first-order valence-electron chi connectivity index (χ1n) is 4.27. The molecule has 0 saturated heterocycles. The summed E-state index contributed by atoms with van der Waals surface area (Å²) < 4.78 is 85.2. The highest BCUT2D eigenvalue weighted by molar-refractivity contribution is 5.96. The third-order valence-electron chi connectivity index (χ3n) is 1.79. The molecule has 0 radical (unpaired) electrons. The van der Waals surface area contributed by atoms with E-state index in [0.717, 1.165) is 0 Å². The lowest BCUT2D eigenvalue weighted by atomic mass is 10.1. The molecule has 0 spiro atoms. The van der Waals surface area contributed by atoms with Gasteiger partial charge in [0.1, 0.15) is 5.82 Å². The van der Waals surface area contributed by atoms with Crippen LogP contribution in [0.15, 0.2) is 18.2 Å². The Labute approximate surface area is 95.4 Å². The van der Waals surface area contributed by atoms with E-state index in [1.165, 1.54) is 0 Å². The minimum Gasteiger partial charge on any atom is -0.269 e. The first-order valence-corrected chi connectivity index (χ1v) is 4.27. The van der Waals surface area contributed by atoms with Crippen molar-refractivity contribution < 1.29 is 35.5 Å². The fraction of sp³-hybridized carbons (Fsp3) is 0.222. The normalized spacial score (nSPS) is 12.4. The molecule has 0 aliphatic heterocycles. The number of hydrogen-bond donors (Lipinski definition) is 1. The molecule has 0 aliphatic carbocycles. The predicted octanol–water partition coefficient (Wildman–Crippen LogP) is 3.09. The van der Waals surface area contributed by atoms with Crippen LogP contribution in [0.25, 0.3) is 0 Å². The van der Waals surface area contributed by atoms with Crippen molar-refractivity contribution >= 4 is 5.91 Å². The van der Waals surface area contributed by atoms with Crippen LogP contribution in [0.4, 0.5) is 30.7 Å². The lowest BCUT2D eigenvalue weighted by Crippen LogP contribution is -2.38. The number of amides is 1. The molecule has 1 rings (SSSR count). The van der Waals surface area contributed by atoms with E-state index in [1.807, 2.05) is 0 Å². The number of benzene rings is 1. The molecule has 1 N–H and O–H groups in total. The van der Waals surface area contributed by atoms with Gasteiger partial charge in [-0.3, -0.25) is 10.1 Å². The molecule has 2 nitrogen and oxygen atoms in total. The molecular formula is C9H4F7NO. The molecule has 0 aliphatic rings. The summed E-state index contributed by atoms with van der Waals surface area (Å²) in [5.41, 5.74) is -3.08. The monoisotopic (exact) mass is 275 g/mol. The first kappa shape index (κ1) is 14.3. The van der Waals surface area contributed by atoms with Gasteiger partial charge in [0.05, 0.1) is 11.1 Å². The van der Waals surface area contributed by atoms with Gasteiger partial charge < -0.3 is 0 Å². The van der Waals surface area contributed by atoms with Crippen molar-refractivity contribution in [3.63, 3.8) is 0 Å². The van der Waals surface area contributed by atoms with Crippen molar-refractivity contribution in [3.05, 3.63) is 35.1 Å². The predicted molar refractivity (Wildman–Crippen MR) is 44.9 cm³/mol. The molecular weight excluding hydrogens is 271 g/mol. The second-order valence-electron chi connectivity index (χ2n) is 3.14. The zero-order valence-corrected chi connectivity index (χ0v) is 8.29. The van der Waals surface area contributed by atoms with E-state index in [1.54, 1.807) is 0 Å². The summed E-state index contributed by atoms with van der Waals surface area (Å²) in [4.78, 5) is 11.0. The molecule has 0 heterocycles. The topological polar surface area (TPSA) is 29.1 Å². The lowest BCUT2D eigenvalue weighted by molar-refractivity contribution is -0.148. The number of alkyl halides is 6. The van der Waals surface area contributed by atoms with Gasteiger partial charge >= 0.3 is 12.5 Å². The van der Waals surface area contributed by atoms with E-state index < -0.39 is 35.3 Å². The summed E-state index contributed by atoms with van der Waals surface area (Å²) in [6.45, 7) is 0. The second kappa shape index (κ2) is 4.46. The van der Waals surface area contributed by atoms with Crippen LogP contribution in [0.5, 0.6) is 0 Å². The maximum absolute atomic E-state index is 12.6. The van der Waals surface area contributed by atoms with Crippen LogP contribution in [-0.4, -0.2) is 12.2 Å². The Morgan fingerprint density at radius 3 is 2.06 bits per heavy atom. The van der Waals surface area contributed by atoms with Crippen molar-refractivity contribution in [1.82, 2.24) is 5.32 Å². The molecule has 0 saturated carbocycles. The highest BCUT2D eigenvalue weighted by Gasteiger charge is 2.38. The van der Waals surface area contributed by atoms with Crippen molar-refractivity contribution in [2.75, 3.05) is 0 Å². The number of halogens is 7. The maximum atomic E-state index is 12.6. The average molecular weight is 275 g/mol.